The van der Waals surface area contributed by atoms with E-state index >= 15 is 0 Å². The fraction of sp³-hybridized carbons (Fsp3) is 0.625. The number of hydrogen-bond donors (Lipinski definition) is 2. The molecule has 1 heterocycles. The van der Waals surface area contributed by atoms with Crippen molar-refractivity contribution in [3.63, 3.8) is 0 Å². The molecule has 2 rings (SSSR count). The third-order valence-corrected chi connectivity index (χ3v) is 3.91. The van der Waals surface area contributed by atoms with Gasteiger partial charge in [0.1, 0.15) is 0 Å². The summed E-state index contributed by atoms with van der Waals surface area (Å²) in [5.74, 6) is 0. The summed E-state index contributed by atoms with van der Waals surface area (Å²) in [6.45, 7) is 11.1. The van der Waals surface area contributed by atoms with Crippen LogP contribution in [0.3, 0.4) is 0 Å². The van der Waals surface area contributed by atoms with Gasteiger partial charge in [0.05, 0.1) is 0 Å². The Kier molecular flexibility index (Phi) is 4.08. The number of aryl methyl sites for hydroxylation is 2. The Bertz CT molecular complexity index is 410. The maximum absolute atomic E-state index is 3.67. The predicted molar refractivity (Wildman–Crippen MR) is 78.1 cm³/mol. The lowest BCUT2D eigenvalue weighted by Crippen LogP contribution is -2.32. The molecule has 1 aliphatic rings. The first-order valence-electron chi connectivity index (χ1n) is 7.01. The largest absolute Gasteiger partial charge is 0.312 e. The van der Waals surface area contributed by atoms with Gasteiger partial charge in [-0.2, -0.15) is 0 Å². The zero-order chi connectivity index (χ0) is 13.2. The second-order valence-corrected chi connectivity index (χ2v) is 6.30. The summed E-state index contributed by atoms with van der Waals surface area (Å²) < 4.78 is 0. The van der Waals surface area contributed by atoms with Gasteiger partial charge >= 0.3 is 0 Å². The molecule has 1 aromatic carbocycles. The summed E-state index contributed by atoms with van der Waals surface area (Å²) >= 11 is 0. The van der Waals surface area contributed by atoms with E-state index in [1.54, 1.807) is 0 Å². The van der Waals surface area contributed by atoms with E-state index in [9.17, 15) is 0 Å². The molecule has 0 aromatic heterocycles. The van der Waals surface area contributed by atoms with Gasteiger partial charge in [-0.3, -0.25) is 0 Å². The summed E-state index contributed by atoms with van der Waals surface area (Å²) in [5, 5.41) is 7.22. The molecule has 18 heavy (non-hydrogen) atoms. The molecule has 0 aliphatic carbocycles. The van der Waals surface area contributed by atoms with Gasteiger partial charge in [-0.05, 0) is 58.2 Å². The zero-order valence-corrected chi connectivity index (χ0v) is 12.1. The Morgan fingerprint density at radius 2 is 2.11 bits per heavy atom. The third kappa shape index (κ3) is 3.56. The van der Waals surface area contributed by atoms with E-state index in [-0.39, 0.29) is 0 Å². The van der Waals surface area contributed by atoms with Crippen molar-refractivity contribution in [2.75, 3.05) is 13.1 Å². The van der Waals surface area contributed by atoms with E-state index < -0.39 is 0 Å². The molecule has 2 heteroatoms. The van der Waals surface area contributed by atoms with Crippen molar-refractivity contribution in [2.24, 2.45) is 0 Å². The molecule has 0 saturated carbocycles. The highest BCUT2D eigenvalue weighted by atomic mass is 15.1. The molecule has 1 aromatic rings. The van der Waals surface area contributed by atoms with Crippen LogP contribution in [0.25, 0.3) is 0 Å². The van der Waals surface area contributed by atoms with Crippen LogP contribution >= 0.6 is 0 Å². The maximum atomic E-state index is 3.67. The lowest BCUT2D eigenvalue weighted by Gasteiger charge is -2.17. The van der Waals surface area contributed by atoms with E-state index in [1.807, 2.05) is 0 Å². The van der Waals surface area contributed by atoms with Crippen molar-refractivity contribution in [2.45, 2.75) is 52.1 Å². The smallest absolute Gasteiger partial charge is 0.0210 e. The fourth-order valence-electron chi connectivity index (χ4n) is 2.84. The maximum Gasteiger partial charge on any atom is 0.0210 e. The van der Waals surface area contributed by atoms with Crippen molar-refractivity contribution in [1.29, 1.82) is 0 Å². The Labute approximate surface area is 111 Å². The molecule has 1 unspecified atom stereocenters. The molecule has 0 radical (unpaired) electrons. The van der Waals surface area contributed by atoms with Crippen molar-refractivity contribution in [3.05, 3.63) is 34.9 Å². The number of rotatable bonds is 4. The van der Waals surface area contributed by atoms with Gasteiger partial charge in [0.15, 0.2) is 0 Å². The van der Waals surface area contributed by atoms with Gasteiger partial charge in [-0.25, -0.2) is 0 Å². The predicted octanol–water partition coefficient (Wildman–Crippen LogP) is 2.58. The lowest BCUT2D eigenvalue weighted by atomic mass is 10.0. The highest BCUT2D eigenvalue weighted by molar-refractivity contribution is 5.30. The van der Waals surface area contributed by atoms with Crippen LogP contribution in [0.5, 0.6) is 0 Å². The molecule has 2 nitrogen and oxygen atoms in total. The molecule has 0 amide bonds. The zero-order valence-electron chi connectivity index (χ0n) is 12.1. The van der Waals surface area contributed by atoms with Gasteiger partial charge < -0.3 is 10.6 Å². The number of nitrogens with one attached hydrogen (secondary N) is 2. The third-order valence-electron chi connectivity index (χ3n) is 3.91. The molecule has 100 valence electrons. The van der Waals surface area contributed by atoms with E-state index in [1.165, 1.54) is 23.1 Å². The minimum Gasteiger partial charge on any atom is -0.312 e. The van der Waals surface area contributed by atoms with Crippen LogP contribution in [0.1, 0.15) is 37.0 Å². The van der Waals surface area contributed by atoms with Crippen LogP contribution in [0.4, 0.5) is 0 Å². The Hall–Kier alpha value is -0.860. The number of benzene rings is 1. The SMILES string of the molecule is Cc1ccc(CCNC2CNC(C)(C)C2)c(C)c1. The van der Waals surface area contributed by atoms with Crippen LogP contribution in [-0.4, -0.2) is 24.7 Å². The van der Waals surface area contributed by atoms with E-state index in [4.69, 9.17) is 0 Å². The minimum absolute atomic E-state index is 0.303. The van der Waals surface area contributed by atoms with Crippen LogP contribution in [0.15, 0.2) is 18.2 Å². The molecule has 1 fully saturated rings. The molecule has 1 aliphatic heterocycles. The monoisotopic (exact) mass is 246 g/mol. The molecule has 1 atom stereocenters. The normalized spacial score (nSPS) is 22.3. The van der Waals surface area contributed by atoms with Crippen molar-refractivity contribution >= 4 is 0 Å². The van der Waals surface area contributed by atoms with Crippen LogP contribution in [0, 0.1) is 13.8 Å². The summed E-state index contributed by atoms with van der Waals surface area (Å²) in [7, 11) is 0. The summed E-state index contributed by atoms with van der Waals surface area (Å²) in [5.41, 5.74) is 4.54. The first-order chi connectivity index (χ1) is 8.46. The van der Waals surface area contributed by atoms with Gasteiger partial charge in [0.25, 0.3) is 0 Å². The van der Waals surface area contributed by atoms with Crippen LogP contribution in [0.2, 0.25) is 0 Å². The van der Waals surface area contributed by atoms with Crippen molar-refractivity contribution in [3.8, 4) is 0 Å². The highest BCUT2D eigenvalue weighted by Gasteiger charge is 2.29. The minimum atomic E-state index is 0.303. The summed E-state index contributed by atoms with van der Waals surface area (Å²) in [4.78, 5) is 0. The van der Waals surface area contributed by atoms with Gasteiger partial charge in [-0.1, -0.05) is 23.8 Å². The van der Waals surface area contributed by atoms with Gasteiger partial charge in [0, 0.05) is 18.1 Å². The van der Waals surface area contributed by atoms with Gasteiger partial charge in [-0.15, -0.1) is 0 Å². The summed E-state index contributed by atoms with van der Waals surface area (Å²) in [6, 6.07) is 7.38. The first kappa shape index (κ1) is 13.6. The standard InChI is InChI=1S/C16H26N2/c1-12-5-6-14(13(2)9-12)7-8-17-15-10-16(3,4)18-11-15/h5-6,9,15,17-18H,7-8,10-11H2,1-4H3. The molecule has 0 bridgehead atoms. The van der Waals surface area contributed by atoms with Crippen LogP contribution < -0.4 is 10.6 Å². The molecular formula is C16H26N2. The second-order valence-electron chi connectivity index (χ2n) is 6.30. The Morgan fingerprint density at radius 3 is 2.72 bits per heavy atom. The second kappa shape index (κ2) is 5.41. The molecular weight excluding hydrogens is 220 g/mol. The Morgan fingerprint density at radius 1 is 1.33 bits per heavy atom. The highest BCUT2D eigenvalue weighted by Crippen LogP contribution is 2.18. The van der Waals surface area contributed by atoms with Gasteiger partial charge in [0.2, 0.25) is 0 Å². The molecule has 2 N–H and O–H groups in total. The van der Waals surface area contributed by atoms with Crippen LogP contribution in [-0.2, 0) is 6.42 Å². The molecule has 0 spiro atoms. The Balaban J connectivity index is 1.79. The first-order valence-corrected chi connectivity index (χ1v) is 7.01. The van der Waals surface area contributed by atoms with E-state index in [0.29, 0.717) is 11.6 Å². The average Bonchev–Trinajstić information content (AvgIpc) is 2.61. The summed E-state index contributed by atoms with van der Waals surface area (Å²) in [6.07, 6.45) is 2.35. The lowest BCUT2D eigenvalue weighted by molar-refractivity contribution is 0.443. The van der Waals surface area contributed by atoms with E-state index in [2.05, 4.69) is 56.5 Å². The quantitative estimate of drug-likeness (QED) is 0.853. The van der Waals surface area contributed by atoms with Crippen molar-refractivity contribution < 1.29 is 0 Å². The fourth-order valence-corrected chi connectivity index (χ4v) is 2.84. The molecule has 1 saturated heterocycles. The number of hydrogen-bond acceptors (Lipinski definition) is 2. The van der Waals surface area contributed by atoms with Crippen molar-refractivity contribution in [1.82, 2.24) is 10.6 Å². The average molecular weight is 246 g/mol. The van der Waals surface area contributed by atoms with E-state index in [0.717, 1.165) is 19.5 Å². The topological polar surface area (TPSA) is 24.1 Å².